The first kappa shape index (κ1) is 17.5. The van der Waals surface area contributed by atoms with Crippen molar-refractivity contribution in [2.24, 2.45) is 7.05 Å². The second-order valence-corrected chi connectivity index (χ2v) is 6.80. The second-order valence-electron chi connectivity index (χ2n) is 6.80. The van der Waals surface area contributed by atoms with Crippen LogP contribution < -0.4 is 5.32 Å². The van der Waals surface area contributed by atoms with Gasteiger partial charge in [0, 0.05) is 43.6 Å². The molecule has 3 heterocycles. The number of amides is 1. The predicted octanol–water partition coefficient (Wildman–Crippen LogP) is 1.61. The summed E-state index contributed by atoms with van der Waals surface area (Å²) in [5, 5.41) is 7.43. The lowest BCUT2D eigenvalue weighted by Gasteiger charge is -2.20. The zero-order chi connectivity index (χ0) is 17.8. The number of nitrogens with zero attached hydrogens (tertiary/aromatic N) is 5. The van der Waals surface area contributed by atoms with Crippen LogP contribution in [0.1, 0.15) is 46.7 Å². The van der Waals surface area contributed by atoms with Crippen molar-refractivity contribution in [1.82, 2.24) is 30.0 Å². The van der Waals surface area contributed by atoms with E-state index in [0.717, 1.165) is 44.6 Å². The summed E-state index contributed by atoms with van der Waals surface area (Å²) in [5.74, 6) is -0.131. The minimum Gasteiger partial charge on any atom is -0.348 e. The Hall–Kier alpha value is -2.28. The predicted molar refractivity (Wildman–Crippen MR) is 95.1 cm³/mol. The highest BCUT2D eigenvalue weighted by Crippen LogP contribution is 2.16. The standard InChI is InChI=1S/C18H26N6O/c1-13-9-20-17(11-19-13)18(25)22-16-5-4-7-24(8-6-16)12-15-10-21-23(3)14(15)2/h9-11,16H,4-8,12H2,1-3H3,(H,22,25). The Morgan fingerprint density at radius 1 is 1.20 bits per heavy atom. The Labute approximate surface area is 148 Å². The van der Waals surface area contributed by atoms with Crippen molar-refractivity contribution in [3.05, 3.63) is 41.2 Å². The largest absolute Gasteiger partial charge is 0.348 e. The first-order valence-corrected chi connectivity index (χ1v) is 8.82. The molecule has 2 aromatic heterocycles. The molecule has 2 aromatic rings. The monoisotopic (exact) mass is 342 g/mol. The molecule has 25 heavy (non-hydrogen) atoms. The molecule has 1 saturated heterocycles. The van der Waals surface area contributed by atoms with Gasteiger partial charge in [-0.2, -0.15) is 5.10 Å². The lowest BCUT2D eigenvalue weighted by molar-refractivity contribution is 0.0927. The van der Waals surface area contributed by atoms with E-state index in [1.54, 1.807) is 12.4 Å². The summed E-state index contributed by atoms with van der Waals surface area (Å²) in [6.07, 6.45) is 8.14. The zero-order valence-electron chi connectivity index (χ0n) is 15.2. The quantitative estimate of drug-likeness (QED) is 0.913. The van der Waals surface area contributed by atoms with Crippen LogP contribution in [0.25, 0.3) is 0 Å². The lowest BCUT2D eigenvalue weighted by Crippen LogP contribution is -2.36. The molecular formula is C18H26N6O. The summed E-state index contributed by atoms with van der Waals surface area (Å²) < 4.78 is 1.92. The third-order valence-corrected chi connectivity index (χ3v) is 4.90. The molecule has 134 valence electrons. The number of hydrogen-bond acceptors (Lipinski definition) is 5. The molecule has 7 nitrogen and oxygen atoms in total. The van der Waals surface area contributed by atoms with Crippen molar-refractivity contribution < 1.29 is 4.79 Å². The Kier molecular flexibility index (Phi) is 5.43. The number of nitrogens with one attached hydrogen (secondary N) is 1. The molecule has 1 atom stereocenters. The Morgan fingerprint density at radius 2 is 2.04 bits per heavy atom. The number of likely N-dealkylation sites (tertiary alicyclic amines) is 1. The Balaban J connectivity index is 1.53. The molecule has 0 radical (unpaired) electrons. The minimum atomic E-state index is -0.131. The molecule has 1 aliphatic rings. The summed E-state index contributed by atoms with van der Waals surface area (Å²) in [6, 6.07) is 0.190. The van der Waals surface area contributed by atoms with Gasteiger partial charge in [0.25, 0.3) is 5.91 Å². The first-order chi connectivity index (χ1) is 12.0. The van der Waals surface area contributed by atoms with Crippen molar-refractivity contribution in [3.8, 4) is 0 Å². The molecule has 1 amide bonds. The van der Waals surface area contributed by atoms with Crippen molar-refractivity contribution in [2.45, 2.75) is 45.7 Å². The van der Waals surface area contributed by atoms with Crippen molar-refractivity contribution in [1.29, 1.82) is 0 Å². The minimum absolute atomic E-state index is 0.131. The average molecular weight is 342 g/mol. The molecule has 7 heteroatoms. The van der Waals surface area contributed by atoms with Gasteiger partial charge >= 0.3 is 0 Å². The van der Waals surface area contributed by atoms with Crippen molar-refractivity contribution >= 4 is 5.91 Å². The van der Waals surface area contributed by atoms with Crippen LogP contribution in [-0.2, 0) is 13.6 Å². The van der Waals surface area contributed by atoms with E-state index >= 15 is 0 Å². The highest BCUT2D eigenvalue weighted by Gasteiger charge is 2.20. The fourth-order valence-corrected chi connectivity index (χ4v) is 3.17. The molecule has 0 aliphatic carbocycles. The normalized spacial score (nSPS) is 18.8. The zero-order valence-corrected chi connectivity index (χ0v) is 15.2. The molecule has 1 aliphatic heterocycles. The molecule has 0 bridgehead atoms. The highest BCUT2D eigenvalue weighted by molar-refractivity contribution is 5.92. The van der Waals surface area contributed by atoms with Crippen LogP contribution in [-0.4, -0.2) is 49.7 Å². The van der Waals surface area contributed by atoms with Crippen LogP contribution in [0.15, 0.2) is 18.6 Å². The summed E-state index contributed by atoms with van der Waals surface area (Å²) in [4.78, 5) is 23.1. The maximum atomic E-state index is 12.3. The van der Waals surface area contributed by atoms with E-state index in [2.05, 4.69) is 32.2 Å². The number of carbonyl (C=O) groups excluding carboxylic acids is 1. The van der Waals surface area contributed by atoms with Gasteiger partial charge in [0.05, 0.1) is 18.1 Å². The van der Waals surface area contributed by atoms with E-state index in [-0.39, 0.29) is 11.9 Å². The van der Waals surface area contributed by atoms with Crippen LogP contribution in [0.4, 0.5) is 0 Å². The summed E-state index contributed by atoms with van der Waals surface area (Å²) in [7, 11) is 1.97. The average Bonchev–Trinajstić information content (AvgIpc) is 2.79. The molecule has 0 saturated carbocycles. The van der Waals surface area contributed by atoms with Gasteiger partial charge in [-0.05, 0) is 39.7 Å². The Bertz CT molecular complexity index is 724. The Morgan fingerprint density at radius 3 is 2.72 bits per heavy atom. The van der Waals surface area contributed by atoms with Gasteiger partial charge in [-0.15, -0.1) is 0 Å². The third-order valence-electron chi connectivity index (χ3n) is 4.90. The van der Waals surface area contributed by atoms with Crippen LogP contribution >= 0.6 is 0 Å². The summed E-state index contributed by atoms with van der Waals surface area (Å²) in [6.45, 7) is 6.90. The van der Waals surface area contributed by atoms with Crippen molar-refractivity contribution in [3.63, 3.8) is 0 Å². The maximum absolute atomic E-state index is 12.3. The van der Waals surface area contributed by atoms with Gasteiger partial charge in [0.1, 0.15) is 5.69 Å². The van der Waals surface area contributed by atoms with Crippen molar-refractivity contribution in [2.75, 3.05) is 13.1 Å². The van der Waals surface area contributed by atoms with E-state index in [9.17, 15) is 4.79 Å². The fraction of sp³-hybridized carbons (Fsp3) is 0.556. The van der Waals surface area contributed by atoms with Gasteiger partial charge in [-0.3, -0.25) is 19.4 Å². The molecule has 3 rings (SSSR count). The third kappa shape index (κ3) is 4.42. The maximum Gasteiger partial charge on any atom is 0.271 e. The van der Waals surface area contributed by atoms with Gasteiger partial charge in [-0.1, -0.05) is 0 Å². The first-order valence-electron chi connectivity index (χ1n) is 8.82. The number of aromatic nitrogens is 4. The van der Waals surface area contributed by atoms with Gasteiger partial charge in [0.2, 0.25) is 0 Å². The van der Waals surface area contributed by atoms with Crippen LogP contribution in [0.2, 0.25) is 0 Å². The molecule has 0 spiro atoms. The van der Waals surface area contributed by atoms with Crippen LogP contribution in [0.5, 0.6) is 0 Å². The molecule has 1 unspecified atom stereocenters. The molecule has 1 fully saturated rings. The second kappa shape index (κ2) is 7.74. The summed E-state index contributed by atoms with van der Waals surface area (Å²) in [5.41, 5.74) is 3.69. The topological polar surface area (TPSA) is 75.9 Å². The van der Waals surface area contributed by atoms with E-state index in [1.807, 2.05) is 24.9 Å². The highest BCUT2D eigenvalue weighted by atomic mass is 16.1. The fourth-order valence-electron chi connectivity index (χ4n) is 3.17. The number of hydrogen-bond donors (Lipinski definition) is 1. The molecule has 1 N–H and O–H groups in total. The number of carbonyl (C=O) groups is 1. The molecule has 0 aromatic carbocycles. The van der Waals surface area contributed by atoms with Gasteiger partial charge < -0.3 is 5.32 Å². The smallest absolute Gasteiger partial charge is 0.271 e. The van der Waals surface area contributed by atoms with E-state index < -0.39 is 0 Å². The molecular weight excluding hydrogens is 316 g/mol. The number of rotatable bonds is 4. The van der Waals surface area contributed by atoms with Gasteiger partial charge in [0.15, 0.2) is 0 Å². The number of aryl methyl sites for hydroxylation is 2. The lowest BCUT2D eigenvalue weighted by atomic mass is 10.1. The van der Waals surface area contributed by atoms with Gasteiger partial charge in [-0.25, -0.2) is 4.98 Å². The van der Waals surface area contributed by atoms with E-state index in [0.29, 0.717) is 5.69 Å². The SMILES string of the molecule is Cc1cnc(C(=O)NC2CCCN(Cc3cnn(C)c3C)CC2)cn1. The van der Waals surface area contributed by atoms with E-state index in [4.69, 9.17) is 0 Å². The van der Waals surface area contributed by atoms with Crippen LogP contribution in [0, 0.1) is 13.8 Å². The van der Waals surface area contributed by atoms with Crippen LogP contribution in [0.3, 0.4) is 0 Å². The van der Waals surface area contributed by atoms with E-state index in [1.165, 1.54) is 11.3 Å². The summed E-state index contributed by atoms with van der Waals surface area (Å²) >= 11 is 0.